The number of hydrogen-bond acceptors (Lipinski definition) is 4. The lowest BCUT2D eigenvalue weighted by molar-refractivity contribution is -0.385. The number of hydrogen-bond donors (Lipinski definition) is 0. The third-order valence-corrected chi connectivity index (χ3v) is 2.64. The topological polar surface area (TPSA) is 52.4 Å². The lowest BCUT2D eigenvalue weighted by Gasteiger charge is -2.09. The van der Waals surface area contributed by atoms with Crippen LogP contribution in [0.25, 0.3) is 0 Å². The Labute approximate surface area is 101 Å². The molecule has 7 heteroatoms. The van der Waals surface area contributed by atoms with Crippen LogP contribution in [0.15, 0.2) is 12.1 Å². The Morgan fingerprint density at radius 2 is 2.18 bits per heavy atom. The zero-order valence-electron chi connectivity index (χ0n) is 9.28. The molecule has 0 radical (unpaired) electrons. The minimum Gasteiger partial charge on any atom is -0.311 e. The van der Waals surface area contributed by atoms with Crippen LogP contribution in [0, 0.1) is 17.0 Å². The minimum atomic E-state index is -2.73. The first-order chi connectivity index (χ1) is 7.97. The average molecular weight is 263 g/mol. The maximum atomic E-state index is 12.6. The van der Waals surface area contributed by atoms with Crippen molar-refractivity contribution in [1.29, 1.82) is 0 Å². The molecular weight excluding hydrogens is 252 g/mol. The van der Waals surface area contributed by atoms with Crippen molar-refractivity contribution in [2.75, 3.05) is 6.26 Å². The molecule has 0 saturated heterocycles. The van der Waals surface area contributed by atoms with E-state index in [1.54, 1.807) is 6.26 Å². The molecular formula is C10H11F2NO3S. The molecule has 1 aromatic carbocycles. The molecule has 0 saturated carbocycles. The summed E-state index contributed by atoms with van der Waals surface area (Å²) in [4.78, 5) is 10.1. The second kappa shape index (κ2) is 5.92. The Kier molecular flexibility index (Phi) is 4.83. The standard InChI is InChI=1S/C10H11F2NO3S/c1-6-8(5-16-17-2)3-7(10(11)12)4-9(6)13(14)15/h3-4,10H,5H2,1-2H3. The van der Waals surface area contributed by atoms with Crippen LogP contribution in [0.1, 0.15) is 23.1 Å². The summed E-state index contributed by atoms with van der Waals surface area (Å²) in [6, 6.07) is 2.14. The van der Waals surface area contributed by atoms with E-state index in [9.17, 15) is 18.9 Å². The molecule has 4 nitrogen and oxygen atoms in total. The van der Waals surface area contributed by atoms with Crippen LogP contribution >= 0.6 is 12.0 Å². The van der Waals surface area contributed by atoms with E-state index >= 15 is 0 Å². The molecule has 1 aromatic rings. The SMILES string of the molecule is CSOCc1cc(C(F)F)cc([N+](=O)[O-])c1C. The van der Waals surface area contributed by atoms with E-state index in [-0.39, 0.29) is 17.9 Å². The van der Waals surface area contributed by atoms with Crippen molar-refractivity contribution in [1.82, 2.24) is 0 Å². The highest BCUT2D eigenvalue weighted by Gasteiger charge is 2.19. The largest absolute Gasteiger partial charge is 0.311 e. The van der Waals surface area contributed by atoms with Crippen LogP contribution in [-0.2, 0) is 10.8 Å². The molecule has 0 bridgehead atoms. The monoisotopic (exact) mass is 263 g/mol. The van der Waals surface area contributed by atoms with Gasteiger partial charge in [0.15, 0.2) is 0 Å². The summed E-state index contributed by atoms with van der Waals surface area (Å²) < 4.78 is 30.2. The highest BCUT2D eigenvalue weighted by Crippen LogP contribution is 2.30. The predicted octanol–water partition coefficient (Wildman–Crippen LogP) is 3.64. The number of halogens is 2. The van der Waals surface area contributed by atoms with Gasteiger partial charge in [0.2, 0.25) is 0 Å². The molecule has 0 aromatic heterocycles. The number of nitrogens with zero attached hydrogens (tertiary/aromatic N) is 1. The first-order valence-corrected chi connectivity index (χ1v) is 5.84. The Morgan fingerprint density at radius 3 is 2.65 bits per heavy atom. The first kappa shape index (κ1) is 13.9. The van der Waals surface area contributed by atoms with E-state index in [0.717, 1.165) is 18.1 Å². The number of nitro benzene ring substituents is 1. The van der Waals surface area contributed by atoms with Crippen molar-refractivity contribution in [3.8, 4) is 0 Å². The van der Waals surface area contributed by atoms with Gasteiger partial charge in [-0.15, -0.1) is 0 Å². The van der Waals surface area contributed by atoms with Crippen LogP contribution in [-0.4, -0.2) is 11.2 Å². The molecule has 0 heterocycles. The maximum Gasteiger partial charge on any atom is 0.273 e. The van der Waals surface area contributed by atoms with Gasteiger partial charge < -0.3 is 4.18 Å². The molecule has 17 heavy (non-hydrogen) atoms. The molecule has 0 fully saturated rings. The quantitative estimate of drug-likeness (QED) is 0.462. The fourth-order valence-electron chi connectivity index (χ4n) is 1.37. The summed E-state index contributed by atoms with van der Waals surface area (Å²) >= 11 is 1.08. The molecule has 0 aliphatic rings. The summed E-state index contributed by atoms with van der Waals surface area (Å²) in [6.07, 6.45) is -1.05. The third kappa shape index (κ3) is 3.37. The lowest BCUT2D eigenvalue weighted by atomic mass is 10.0. The van der Waals surface area contributed by atoms with Gasteiger partial charge in [0.25, 0.3) is 12.1 Å². The van der Waals surface area contributed by atoms with Crippen molar-refractivity contribution in [2.24, 2.45) is 0 Å². The summed E-state index contributed by atoms with van der Waals surface area (Å²) in [5.41, 5.74) is 0.0989. The Hall–Kier alpha value is -1.21. The van der Waals surface area contributed by atoms with Gasteiger partial charge in [-0.1, -0.05) is 0 Å². The average Bonchev–Trinajstić information content (AvgIpc) is 2.26. The Bertz CT molecular complexity index is 426. The summed E-state index contributed by atoms with van der Waals surface area (Å²) in [5.74, 6) is 0. The second-order valence-corrected chi connectivity index (χ2v) is 3.88. The van der Waals surface area contributed by atoms with Crippen LogP contribution in [0.3, 0.4) is 0 Å². The normalized spacial score (nSPS) is 10.9. The number of nitro groups is 1. The van der Waals surface area contributed by atoms with Crippen LogP contribution < -0.4 is 0 Å². The van der Waals surface area contributed by atoms with E-state index in [4.69, 9.17) is 4.18 Å². The Morgan fingerprint density at radius 1 is 1.53 bits per heavy atom. The maximum absolute atomic E-state index is 12.6. The van der Waals surface area contributed by atoms with Gasteiger partial charge in [-0.05, 0) is 30.6 Å². The number of benzene rings is 1. The van der Waals surface area contributed by atoms with Crippen molar-refractivity contribution >= 4 is 17.7 Å². The molecule has 0 aliphatic heterocycles. The predicted molar refractivity (Wildman–Crippen MR) is 61.1 cm³/mol. The second-order valence-electron chi connectivity index (χ2n) is 3.31. The van der Waals surface area contributed by atoms with Gasteiger partial charge >= 0.3 is 0 Å². The molecule has 0 unspecified atom stereocenters. The van der Waals surface area contributed by atoms with Crippen molar-refractivity contribution in [2.45, 2.75) is 20.0 Å². The van der Waals surface area contributed by atoms with Crippen LogP contribution in [0.5, 0.6) is 0 Å². The van der Waals surface area contributed by atoms with Gasteiger partial charge in [0, 0.05) is 23.4 Å². The van der Waals surface area contributed by atoms with Gasteiger partial charge in [-0.25, -0.2) is 8.78 Å². The van der Waals surface area contributed by atoms with Gasteiger partial charge in [-0.3, -0.25) is 10.1 Å². The van der Waals surface area contributed by atoms with E-state index in [2.05, 4.69) is 0 Å². The summed E-state index contributed by atoms with van der Waals surface area (Å²) in [5, 5.41) is 10.7. The summed E-state index contributed by atoms with van der Waals surface area (Å²) in [6.45, 7) is 1.58. The highest BCUT2D eigenvalue weighted by atomic mass is 32.2. The lowest BCUT2D eigenvalue weighted by Crippen LogP contribution is -2.00. The minimum absolute atomic E-state index is 0.0639. The molecule has 94 valence electrons. The smallest absolute Gasteiger partial charge is 0.273 e. The Balaban J connectivity index is 3.22. The third-order valence-electron chi connectivity index (χ3n) is 2.29. The summed E-state index contributed by atoms with van der Waals surface area (Å²) in [7, 11) is 0. The van der Waals surface area contributed by atoms with E-state index < -0.39 is 11.3 Å². The molecule has 0 amide bonds. The van der Waals surface area contributed by atoms with E-state index in [0.29, 0.717) is 11.1 Å². The molecule has 0 N–H and O–H groups in total. The highest BCUT2D eigenvalue weighted by molar-refractivity contribution is 7.93. The fourth-order valence-corrected chi connectivity index (χ4v) is 1.61. The van der Waals surface area contributed by atoms with Crippen molar-refractivity contribution in [3.63, 3.8) is 0 Å². The zero-order chi connectivity index (χ0) is 13.0. The molecule has 0 aliphatic carbocycles. The van der Waals surface area contributed by atoms with E-state index in [1.165, 1.54) is 13.0 Å². The number of rotatable bonds is 5. The van der Waals surface area contributed by atoms with E-state index in [1.807, 2.05) is 0 Å². The number of alkyl halides is 2. The van der Waals surface area contributed by atoms with Crippen LogP contribution in [0.2, 0.25) is 0 Å². The first-order valence-electron chi connectivity index (χ1n) is 4.69. The molecule has 0 atom stereocenters. The molecule has 0 spiro atoms. The fraction of sp³-hybridized carbons (Fsp3) is 0.400. The van der Waals surface area contributed by atoms with Crippen molar-refractivity contribution in [3.05, 3.63) is 38.9 Å². The van der Waals surface area contributed by atoms with Gasteiger partial charge in [-0.2, -0.15) is 0 Å². The van der Waals surface area contributed by atoms with Crippen LogP contribution in [0.4, 0.5) is 14.5 Å². The van der Waals surface area contributed by atoms with Crippen molar-refractivity contribution < 1.29 is 17.9 Å². The molecule has 1 rings (SSSR count). The van der Waals surface area contributed by atoms with Gasteiger partial charge in [0.05, 0.1) is 11.5 Å². The zero-order valence-corrected chi connectivity index (χ0v) is 10.1. The van der Waals surface area contributed by atoms with Gasteiger partial charge in [0.1, 0.15) is 0 Å².